The number of carboxylic acids is 1. The first-order valence-electron chi connectivity index (χ1n) is 5.74. The minimum absolute atomic E-state index is 0.0548. The fraction of sp³-hybridized carbons (Fsp3) is 0. The Kier molecular flexibility index (Phi) is 2.64. The lowest BCUT2D eigenvalue weighted by Crippen LogP contribution is -1.98. The van der Waals surface area contributed by atoms with Crippen molar-refractivity contribution in [2.24, 2.45) is 0 Å². The number of rotatable bonds is 2. The van der Waals surface area contributed by atoms with Crippen molar-refractivity contribution in [3.05, 3.63) is 47.8 Å². The van der Waals surface area contributed by atoms with Gasteiger partial charge in [-0.05, 0) is 36.4 Å². The number of nitrogens with two attached hydrogens (primary N) is 1. The first kappa shape index (κ1) is 12.2. The van der Waals surface area contributed by atoms with E-state index in [0.29, 0.717) is 11.1 Å². The number of nitrogens with zero attached hydrogens (tertiary/aromatic N) is 1. The Morgan fingerprint density at radius 2 is 1.95 bits per heavy atom. The van der Waals surface area contributed by atoms with Crippen LogP contribution in [0.15, 0.2) is 40.8 Å². The maximum atomic E-state index is 12.9. The molecule has 6 heteroatoms. The fourth-order valence-corrected chi connectivity index (χ4v) is 1.93. The third-order valence-electron chi connectivity index (χ3n) is 2.83. The zero-order valence-electron chi connectivity index (χ0n) is 10.1. The molecule has 0 aliphatic heterocycles. The number of halogens is 1. The summed E-state index contributed by atoms with van der Waals surface area (Å²) >= 11 is 0. The van der Waals surface area contributed by atoms with Crippen LogP contribution in [-0.4, -0.2) is 16.1 Å². The molecule has 0 spiro atoms. The highest BCUT2D eigenvalue weighted by Gasteiger charge is 2.17. The van der Waals surface area contributed by atoms with Gasteiger partial charge in [-0.25, -0.2) is 14.2 Å². The largest absolute Gasteiger partial charge is 0.478 e. The molecule has 2 aromatic carbocycles. The summed E-state index contributed by atoms with van der Waals surface area (Å²) in [6.45, 7) is 0. The van der Waals surface area contributed by atoms with Crippen molar-refractivity contribution >= 4 is 22.8 Å². The van der Waals surface area contributed by atoms with Gasteiger partial charge in [-0.15, -0.1) is 0 Å². The van der Waals surface area contributed by atoms with Crippen LogP contribution in [0.1, 0.15) is 10.4 Å². The van der Waals surface area contributed by atoms with Crippen LogP contribution in [0.5, 0.6) is 0 Å². The van der Waals surface area contributed by atoms with Crippen molar-refractivity contribution in [3.63, 3.8) is 0 Å². The summed E-state index contributed by atoms with van der Waals surface area (Å²) in [6, 6.07) is 8.39. The predicted molar refractivity (Wildman–Crippen MR) is 70.8 cm³/mol. The number of anilines is 1. The monoisotopic (exact) mass is 272 g/mol. The first-order valence-corrected chi connectivity index (χ1v) is 5.74. The van der Waals surface area contributed by atoms with Crippen LogP contribution in [0.4, 0.5) is 10.1 Å². The lowest BCUT2D eigenvalue weighted by atomic mass is 10.2. The van der Waals surface area contributed by atoms with Crippen molar-refractivity contribution in [2.75, 3.05) is 5.73 Å². The van der Waals surface area contributed by atoms with E-state index in [1.807, 2.05) is 0 Å². The average molecular weight is 272 g/mol. The summed E-state index contributed by atoms with van der Waals surface area (Å²) in [5.74, 6) is -1.31. The highest BCUT2D eigenvalue weighted by Crippen LogP contribution is 2.28. The van der Waals surface area contributed by atoms with Crippen molar-refractivity contribution < 1.29 is 18.7 Å². The van der Waals surface area contributed by atoms with E-state index in [1.165, 1.54) is 36.4 Å². The molecule has 0 atom stereocenters. The van der Waals surface area contributed by atoms with Crippen molar-refractivity contribution in [2.45, 2.75) is 0 Å². The van der Waals surface area contributed by atoms with E-state index < -0.39 is 5.97 Å². The van der Waals surface area contributed by atoms with E-state index in [2.05, 4.69) is 4.98 Å². The molecule has 0 aliphatic carbocycles. The van der Waals surface area contributed by atoms with Crippen molar-refractivity contribution in [1.82, 2.24) is 4.98 Å². The van der Waals surface area contributed by atoms with Crippen LogP contribution in [0.2, 0.25) is 0 Å². The van der Waals surface area contributed by atoms with E-state index in [-0.39, 0.29) is 28.5 Å². The number of aromatic nitrogens is 1. The molecule has 0 fully saturated rings. The van der Waals surface area contributed by atoms with Crippen LogP contribution < -0.4 is 5.73 Å². The smallest absolute Gasteiger partial charge is 0.339 e. The van der Waals surface area contributed by atoms with Crippen LogP contribution >= 0.6 is 0 Å². The van der Waals surface area contributed by atoms with Gasteiger partial charge in [0.15, 0.2) is 5.58 Å². The fourth-order valence-electron chi connectivity index (χ4n) is 1.93. The third-order valence-corrected chi connectivity index (χ3v) is 2.83. The molecule has 0 saturated heterocycles. The maximum Gasteiger partial charge on any atom is 0.339 e. The minimum atomic E-state index is -1.15. The van der Waals surface area contributed by atoms with Gasteiger partial charge in [-0.1, -0.05) is 0 Å². The summed E-state index contributed by atoms with van der Waals surface area (Å²) in [6.07, 6.45) is 0. The van der Waals surface area contributed by atoms with E-state index in [9.17, 15) is 9.18 Å². The van der Waals surface area contributed by atoms with Gasteiger partial charge in [0.1, 0.15) is 16.9 Å². The van der Waals surface area contributed by atoms with E-state index in [0.717, 1.165) is 0 Å². The van der Waals surface area contributed by atoms with Crippen LogP contribution in [-0.2, 0) is 0 Å². The topological polar surface area (TPSA) is 89.4 Å². The SMILES string of the molecule is Nc1cc(C(=O)O)c2oc(-c3ccc(F)cc3)nc2c1. The summed E-state index contributed by atoms with van der Waals surface area (Å²) in [7, 11) is 0. The van der Waals surface area contributed by atoms with Gasteiger partial charge < -0.3 is 15.3 Å². The highest BCUT2D eigenvalue weighted by molar-refractivity contribution is 6.02. The number of hydrogen-bond donors (Lipinski definition) is 2. The van der Waals surface area contributed by atoms with Gasteiger partial charge in [0, 0.05) is 11.3 Å². The van der Waals surface area contributed by atoms with Crippen LogP contribution in [0.25, 0.3) is 22.6 Å². The van der Waals surface area contributed by atoms with Gasteiger partial charge in [0.05, 0.1) is 0 Å². The number of carboxylic acid groups (broad SMARTS) is 1. The zero-order chi connectivity index (χ0) is 14.3. The molecular weight excluding hydrogens is 263 g/mol. The standard InChI is InChI=1S/C14H9FN2O3/c15-8-3-1-7(2-4-8)13-17-11-6-9(16)5-10(14(18)19)12(11)20-13/h1-6H,16H2,(H,18,19). The molecule has 1 aromatic heterocycles. The van der Waals surface area contributed by atoms with E-state index in [1.54, 1.807) is 0 Å². The highest BCUT2D eigenvalue weighted by atomic mass is 19.1. The molecule has 3 rings (SSSR count). The Bertz CT molecular complexity index is 809. The molecule has 0 saturated carbocycles. The number of aromatic carboxylic acids is 1. The van der Waals surface area contributed by atoms with Crippen molar-refractivity contribution in [1.29, 1.82) is 0 Å². The van der Waals surface area contributed by atoms with Crippen molar-refractivity contribution in [3.8, 4) is 11.5 Å². The lowest BCUT2D eigenvalue weighted by Gasteiger charge is -1.97. The quantitative estimate of drug-likeness (QED) is 0.700. The molecule has 100 valence electrons. The summed E-state index contributed by atoms with van der Waals surface area (Å²) in [5.41, 5.74) is 6.91. The maximum absolute atomic E-state index is 12.9. The van der Waals surface area contributed by atoms with Gasteiger partial charge in [-0.3, -0.25) is 0 Å². The molecule has 0 bridgehead atoms. The molecule has 0 amide bonds. The molecular formula is C14H9FN2O3. The zero-order valence-corrected chi connectivity index (χ0v) is 10.1. The number of carbonyl (C=O) groups is 1. The minimum Gasteiger partial charge on any atom is -0.478 e. The second-order valence-corrected chi connectivity index (χ2v) is 4.25. The summed E-state index contributed by atoms with van der Waals surface area (Å²) in [4.78, 5) is 15.3. The molecule has 0 aliphatic rings. The molecule has 3 N–H and O–H groups in total. The second kappa shape index (κ2) is 4.34. The Labute approximate surface area is 112 Å². The molecule has 3 aromatic rings. The van der Waals surface area contributed by atoms with Gasteiger partial charge in [0.2, 0.25) is 5.89 Å². The van der Waals surface area contributed by atoms with Crippen LogP contribution in [0.3, 0.4) is 0 Å². The van der Waals surface area contributed by atoms with Gasteiger partial charge in [-0.2, -0.15) is 0 Å². The van der Waals surface area contributed by atoms with E-state index >= 15 is 0 Å². The number of oxazole rings is 1. The predicted octanol–water partition coefficient (Wildman–Crippen LogP) is 2.91. The number of hydrogen-bond acceptors (Lipinski definition) is 4. The lowest BCUT2D eigenvalue weighted by molar-refractivity contribution is 0.0698. The first-order chi connectivity index (χ1) is 9.54. The Hall–Kier alpha value is -2.89. The second-order valence-electron chi connectivity index (χ2n) is 4.25. The van der Waals surface area contributed by atoms with Gasteiger partial charge >= 0.3 is 5.97 Å². The molecule has 0 unspecified atom stereocenters. The number of fused-ring (bicyclic) bond motifs is 1. The Morgan fingerprint density at radius 3 is 2.60 bits per heavy atom. The summed E-state index contributed by atoms with van der Waals surface area (Å²) < 4.78 is 18.4. The average Bonchev–Trinajstić information content (AvgIpc) is 2.81. The normalized spacial score (nSPS) is 10.8. The Morgan fingerprint density at radius 1 is 1.25 bits per heavy atom. The number of nitrogen functional groups attached to an aromatic ring is 1. The molecule has 20 heavy (non-hydrogen) atoms. The molecule has 5 nitrogen and oxygen atoms in total. The molecule has 1 heterocycles. The van der Waals surface area contributed by atoms with Gasteiger partial charge in [0.25, 0.3) is 0 Å². The summed E-state index contributed by atoms with van der Waals surface area (Å²) in [5, 5.41) is 9.13. The number of benzene rings is 2. The van der Waals surface area contributed by atoms with E-state index in [4.69, 9.17) is 15.3 Å². The third kappa shape index (κ3) is 1.97. The van der Waals surface area contributed by atoms with Crippen LogP contribution in [0, 0.1) is 5.82 Å². The Balaban J connectivity index is 2.22. The molecule has 0 radical (unpaired) electrons.